The van der Waals surface area contributed by atoms with Crippen molar-refractivity contribution in [3.05, 3.63) is 23.8 Å². The van der Waals surface area contributed by atoms with Crippen molar-refractivity contribution in [2.45, 2.75) is 38.8 Å². The second kappa shape index (κ2) is 5.15. The number of amides is 1. The fraction of sp³-hybridized carbons (Fsp3) is 0.500. The zero-order valence-electron chi connectivity index (χ0n) is 11.9. The molecule has 0 fully saturated rings. The number of benzene rings is 1. The van der Waals surface area contributed by atoms with Crippen molar-refractivity contribution in [2.24, 2.45) is 0 Å². The Morgan fingerprint density at radius 2 is 2.21 bits per heavy atom. The summed E-state index contributed by atoms with van der Waals surface area (Å²) in [5.74, 6) is 0.854. The normalized spacial score (nSPS) is 18.2. The third-order valence-electron chi connectivity index (χ3n) is 2.90. The molecule has 1 heterocycles. The Morgan fingerprint density at radius 1 is 1.47 bits per heavy atom. The van der Waals surface area contributed by atoms with E-state index in [1.807, 2.05) is 46.8 Å². The van der Waals surface area contributed by atoms with Crippen LogP contribution in [-0.4, -0.2) is 26.1 Å². The maximum Gasteiger partial charge on any atom is 0.408 e. The number of nitrogens with one attached hydrogen (secondary N) is 1. The Labute approximate surface area is 114 Å². The molecule has 0 saturated heterocycles. The van der Waals surface area contributed by atoms with Gasteiger partial charge in [-0.2, -0.15) is 0 Å². The molecule has 19 heavy (non-hydrogen) atoms. The highest BCUT2D eigenvalue weighted by molar-refractivity contribution is 6.32. The monoisotopic (exact) mass is 261 g/mol. The van der Waals surface area contributed by atoms with Gasteiger partial charge in [0.1, 0.15) is 19.2 Å². The SMILES string of the molecule is Bc1ccc2c(c1)OCCC2NC(=O)OC(C)(C)C. The molecule has 1 unspecified atom stereocenters. The van der Waals surface area contributed by atoms with Crippen LogP contribution in [0.25, 0.3) is 0 Å². The highest BCUT2D eigenvalue weighted by atomic mass is 16.6. The second-order valence-corrected chi connectivity index (χ2v) is 5.88. The van der Waals surface area contributed by atoms with Crippen molar-refractivity contribution in [3.8, 4) is 5.75 Å². The van der Waals surface area contributed by atoms with Gasteiger partial charge in [-0.05, 0) is 26.8 Å². The molecule has 5 heteroatoms. The Kier molecular flexibility index (Phi) is 3.74. The Hall–Kier alpha value is -1.65. The van der Waals surface area contributed by atoms with Crippen LogP contribution in [0.1, 0.15) is 38.8 Å². The van der Waals surface area contributed by atoms with E-state index >= 15 is 0 Å². The average molecular weight is 261 g/mol. The quantitative estimate of drug-likeness (QED) is 0.775. The summed E-state index contributed by atoms with van der Waals surface area (Å²) in [6.07, 6.45) is 0.376. The van der Waals surface area contributed by atoms with Gasteiger partial charge in [0.25, 0.3) is 0 Å². The molecule has 1 amide bonds. The van der Waals surface area contributed by atoms with Crippen molar-refractivity contribution in [2.75, 3.05) is 6.61 Å². The van der Waals surface area contributed by atoms with Gasteiger partial charge in [0.2, 0.25) is 0 Å². The first-order valence-electron chi connectivity index (χ1n) is 6.58. The fourth-order valence-corrected chi connectivity index (χ4v) is 2.10. The molecule has 1 aliphatic heterocycles. The van der Waals surface area contributed by atoms with E-state index < -0.39 is 5.60 Å². The number of carbonyl (C=O) groups is 1. The predicted octanol–water partition coefficient (Wildman–Crippen LogP) is 1.29. The van der Waals surface area contributed by atoms with E-state index in [0.29, 0.717) is 6.61 Å². The highest BCUT2D eigenvalue weighted by Crippen LogP contribution is 2.31. The molecule has 0 aliphatic carbocycles. The highest BCUT2D eigenvalue weighted by Gasteiger charge is 2.25. The average Bonchev–Trinajstić information content (AvgIpc) is 2.26. The molecule has 0 spiro atoms. The lowest BCUT2D eigenvalue weighted by Crippen LogP contribution is -2.37. The number of rotatable bonds is 1. The molecule has 0 bridgehead atoms. The summed E-state index contributed by atoms with van der Waals surface area (Å²) in [5.41, 5.74) is 1.69. The fourth-order valence-electron chi connectivity index (χ4n) is 2.10. The van der Waals surface area contributed by atoms with Crippen LogP contribution in [0, 0.1) is 0 Å². The van der Waals surface area contributed by atoms with Crippen LogP contribution in [0.5, 0.6) is 5.75 Å². The van der Waals surface area contributed by atoms with Gasteiger partial charge in [0.05, 0.1) is 12.6 Å². The molecule has 0 radical (unpaired) electrons. The maximum atomic E-state index is 11.8. The van der Waals surface area contributed by atoms with Gasteiger partial charge in [-0.25, -0.2) is 4.79 Å². The van der Waals surface area contributed by atoms with Crippen LogP contribution in [0.2, 0.25) is 0 Å². The molecule has 1 aromatic carbocycles. The third kappa shape index (κ3) is 3.66. The minimum Gasteiger partial charge on any atom is -0.493 e. The number of hydrogen-bond acceptors (Lipinski definition) is 3. The van der Waals surface area contributed by atoms with Gasteiger partial charge >= 0.3 is 6.09 Å². The Bertz CT molecular complexity index is 482. The number of hydrogen-bond donors (Lipinski definition) is 1. The van der Waals surface area contributed by atoms with Crippen LogP contribution in [0.4, 0.5) is 4.79 Å². The summed E-state index contributed by atoms with van der Waals surface area (Å²) in [7, 11) is 2.02. The van der Waals surface area contributed by atoms with Crippen LogP contribution in [0.3, 0.4) is 0 Å². The van der Waals surface area contributed by atoms with E-state index in [1.165, 1.54) is 0 Å². The minimum absolute atomic E-state index is 0.0424. The lowest BCUT2D eigenvalue weighted by Gasteiger charge is -2.28. The molecule has 1 atom stereocenters. The first kappa shape index (κ1) is 13.8. The molecule has 1 aliphatic rings. The van der Waals surface area contributed by atoms with Gasteiger partial charge in [0, 0.05) is 12.0 Å². The van der Waals surface area contributed by atoms with Crippen LogP contribution in [-0.2, 0) is 4.74 Å². The summed E-state index contributed by atoms with van der Waals surface area (Å²) in [5, 5.41) is 2.91. The van der Waals surface area contributed by atoms with E-state index in [1.54, 1.807) is 0 Å². The van der Waals surface area contributed by atoms with E-state index in [-0.39, 0.29) is 12.1 Å². The third-order valence-corrected chi connectivity index (χ3v) is 2.90. The minimum atomic E-state index is -0.481. The molecule has 2 rings (SSSR count). The van der Waals surface area contributed by atoms with Crippen molar-refractivity contribution >= 4 is 19.4 Å². The van der Waals surface area contributed by atoms with E-state index in [9.17, 15) is 4.79 Å². The second-order valence-electron chi connectivity index (χ2n) is 5.88. The van der Waals surface area contributed by atoms with Gasteiger partial charge in [0.15, 0.2) is 0 Å². The first-order valence-corrected chi connectivity index (χ1v) is 6.58. The lowest BCUT2D eigenvalue weighted by molar-refractivity contribution is 0.0491. The van der Waals surface area contributed by atoms with Gasteiger partial charge in [-0.1, -0.05) is 17.6 Å². The zero-order chi connectivity index (χ0) is 14.0. The van der Waals surface area contributed by atoms with Crippen molar-refractivity contribution in [3.63, 3.8) is 0 Å². The summed E-state index contributed by atoms with van der Waals surface area (Å²) >= 11 is 0. The largest absolute Gasteiger partial charge is 0.493 e. The molecule has 1 N–H and O–H groups in total. The smallest absolute Gasteiger partial charge is 0.408 e. The van der Waals surface area contributed by atoms with Gasteiger partial charge in [-0.15, -0.1) is 0 Å². The molecule has 102 valence electrons. The van der Waals surface area contributed by atoms with E-state index in [2.05, 4.69) is 5.32 Å². The number of fused-ring (bicyclic) bond motifs is 1. The van der Waals surface area contributed by atoms with E-state index in [0.717, 1.165) is 23.2 Å². The van der Waals surface area contributed by atoms with E-state index in [4.69, 9.17) is 9.47 Å². The van der Waals surface area contributed by atoms with Crippen molar-refractivity contribution in [1.29, 1.82) is 0 Å². The van der Waals surface area contributed by atoms with Crippen LogP contribution in [0.15, 0.2) is 18.2 Å². The summed E-state index contributed by atoms with van der Waals surface area (Å²) < 4.78 is 10.9. The molecular weight excluding hydrogens is 241 g/mol. The number of carbonyl (C=O) groups excluding carboxylic acids is 1. The molecular formula is C14H20BNO3. The zero-order valence-corrected chi connectivity index (χ0v) is 11.9. The number of alkyl carbamates (subject to hydrolysis) is 1. The van der Waals surface area contributed by atoms with Crippen molar-refractivity contribution < 1.29 is 14.3 Å². The summed E-state index contributed by atoms with van der Waals surface area (Å²) in [6, 6.07) is 5.99. The standard InChI is InChI=1S/C14H20BNO3/c1-14(2,3)19-13(17)16-11-6-7-18-12-8-9(15)4-5-10(11)12/h4-5,8,11H,6-7,15H2,1-3H3,(H,16,17). The summed E-state index contributed by atoms with van der Waals surface area (Å²) in [6.45, 7) is 6.17. The topological polar surface area (TPSA) is 47.6 Å². The lowest BCUT2D eigenvalue weighted by atomic mass is 9.91. The molecule has 4 nitrogen and oxygen atoms in total. The van der Waals surface area contributed by atoms with Crippen molar-refractivity contribution in [1.82, 2.24) is 5.32 Å². The number of ether oxygens (including phenoxy) is 2. The first-order chi connectivity index (χ1) is 8.85. The maximum absolute atomic E-state index is 11.8. The van der Waals surface area contributed by atoms with Gasteiger partial charge < -0.3 is 14.8 Å². The van der Waals surface area contributed by atoms with Crippen LogP contribution >= 0.6 is 0 Å². The Morgan fingerprint density at radius 3 is 2.89 bits per heavy atom. The van der Waals surface area contributed by atoms with Gasteiger partial charge in [-0.3, -0.25) is 0 Å². The predicted molar refractivity (Wildman–Crippen MR) is 76.8 cm³/mol. The molecule has 1 aromatic rings. The summed E-state index contributed by atoms with van der Waals surface area (Å²) in [4.78, 5) is 11.8. The molecule has 0 aromatic heterocycles. The van der Waals surface area contributed by atoms with Crippen LogP contribution < -0.4 is 15.5 Å². The Balaban J connectivity index is 2.09. The molecule has 0 saturated carbocycles.